The Bertz CT molecular complexity index is 397. The molecule has 1 aliphatic rings. The summed E-state index contributed by atoms with van der Waals surface area (Å²) in [7, 11) is 0. The van der Waals surface area contributed by atoms with Gasteiger partial charge in [0.25, 0.3) is 0 Å². The molecule has 0 saturated carbocycles. The first kappa shape index (κ1) is 12.7. The maximum Gasteiger partial charge on any atom is 0.147 e. The van der Waals surface area contributed by atoms with E-state index in [1.165, 1.54) is 12.8 Å². The molecule has 1 saturated heterocycles. The number of anilines is 1. The summed E-state index contributed by atoms with van der Waals surface area (Å²) < 4.78 is 0. The Morgan fingerprint density at radius 2 is 2.24 bits per heavy atom. The van der Waals surface area contributed by atoms with Crippen molar-refractivity contribution < 1.29 is 5.11 Å². The first-order chi connectivity index (χ1) is 8.11. The molecule has 94 valence electrons. The van der Waals surface area contributed by atoms with Crippen LogP contribution in [0.15, 0.2) is 12.3 Å². The largest absolute Gasteiger partial charge is 0.392 e. The van der Waals surface area contributed by atoms with Gasteiger partial charge in [-0.2, -0.15) is 0 Å². The van der Waals surface area contributed by atoms with Crippen LogP contribution in [0.3, 0.4) is 0 Å². The van der Waals surface area contributed by atoms with Crippen LogP contribution < -0.4 is 4.90 Å². The molecule has 2 heterocycles. The normalized spacial score (nSPS) is 25.1. The van der Waals surface area contributed by atoms with Gasteiger partial charge in [-0.3, -0.25) is 0 Å². The van der Waals surface area contributed by atoms with Crippen LogP contribution in [0.5, 0.6) is 0 Å². The van der Waals surface area contributed by atoms with Crippen molar-refractivity contribution in [1.29, 1.82) is 0 Å². The molecule has 1 aromatic rings. The Labute approximate surface area is 107 Å². The molecule has 0 aliphatic carbocycles. The van der Waals surface area contributed by atoms with Crippen molar-refractivity contribution in [1.82, 2.24) is 4.98 Å². The number of halogens is 1. The van der Waals surface area contributed by atoms with Crippen molar-refractivity contribution in [3.05, 3.63) is 22.8 Å². The third-order valence-electron chi connectivity index (χ3n) is 3.45. The number of pyridine rings is 1. The molecule has 17 heavy (non-hydrogen) atoms. The summed E-state index contributed by atoms with van der Waals surface area (Å²) in [5, 5.41) is 9.68. The van der Waals surface area contributed by atoms with Crippen LogP contribution in [0.25, 0.3) is 0 Å². The fraction of sp³-hybridized carbons (Fsp3) is 0.615. The lowest BCUT2D eigenvalue weighted by Gasteiger charge is -2.38. The molecule has 2 unspecified atom stereocenters. The highest BCUT2D eigenvalue weighted by Gasteiger charge is 2.25. The minimum Gasteiger partial charge on any atom is -0.392 e. The van der Waals surface area contributed by atoms with Gasteiger partial charge in [0.2, 0.25) is 0 Å². The second-order valence-electron chi connectivity index (χ2n) is 4.99. The van der Waals surface area contributed by atoms with Crippen LogP contribution in [-0.2, 0) is 6.61 Å². The van der Waals surface area contributed by atoms with Crippen molar-refractivity contribution >= 4 is 17.4 Å². The molecule has 0 radical (unpaired) electrons. The summed E-state index contributed by atoms with van der Waals surface area (Å²) in [6, 6.07) is 2.28. The third-order valence-corrected chi connectivity index (χ3v) is 3.73. The smallest absolute Gasteiger partial charge is 0.147 e. The van der Waals surface area contributed by atoms with E-state index in [1.807, 2.05) is 0 Å². The maximum absolute atomic E-state index is 9.05. The van der Waals surface area contributed by atoms with Gasteiger partial charge < -0.3 is 10.0 Å². The van der Waals surface area contributed by atoms with E-state index in [4.69, 9.17) is 16.7 Å². The first-order valence-corrected chi connectivity index (χ1v) is 6.51. The fourth-order valence-corrected chi connectivity index (χ4v) is 2.65. The highest BCUT2D eigenvalue weighted by atomic mass is 35.5. The average molecular weight is 255 g/mol. The number of nitrogens with zero attached hydrogens (tertiary/aromatic N) is 2. The van der Waals surface area contributed by atoms with E-state index in [1.54, 1.807) is 12.3 Å². The van der Waals surface area contributed by atoms with Crippen molar-refractivity contribution in [2.45, 2.75) is 39.3 Å². The Morgan fingerprint density at radius 1 is 1.47 bits per heavy atom. The molecule has 1 N–H and O–H groups in total. The summed E-state index contributed by atoms with van der Waals surface area (Å²) in [4.78, 5) is 6.67. The highest BCUT2D eigenvalue weighted by molar-refractivity contribution is 6.33. The molecule has 0 amide bonds. The van der Waals surface area contributed by atoms with E-state index in [-0.39, 0.29) is 6.61 Å². The summed E-state index contributed by atoms with van der Waals surface area (Å²) in [6.07, 6.45) is 4.15. The van der Waals surface area contributed by atoms with Gasteiger partial charge in [-0.25, -0.2) is 4.98 Å². The van der Waals surface area contributed by atoms with Crippen molar-refractivity contribution in [3.8, 4) is 0 Å². The molecule has 0 aromatic carbocycles. The average Bonchev–Trinajstić information content (AvgIpc) is 2.32. The summed E-state index contributed by atoms with van der Waals surface area (Å²) >= 11 is 6.24. The number of piperidine rings is 1. The van der Waals surface area contributed by atoms with E-state index in [0.717, 1.165) is 17.9 Å². The van der Waals surface area contributed by atoms with Gasteiger partial charge in [0.1, 0.15) is 5.82 Å². The Hall–Kier alpha value is -0.800. The van der Waals surface area contributed by atoms with Crippen molar-refractivity contribution in [2.75, 3.05) is 11.4 Å². The van der Waals surface area contributed by atoms with Crippen LogP contribution in [0.2, 0.25) is 5.02 Å². The Balaban J connectivity index is 2.26. The minimum absolute atomic E-state index is 0.0149. The molecule has 1 aromatic heterocycles. The number of hydrogen-bond acceptors (Lipinski definition) is 3. The number of aliphatic hydroxyl groups excluding tert-OH is 1. The van der Waals surface area contributed by atoms with Gasteiger partial charge in [0.05, 0.1) is 11.6 Å². The van der Waals surface area contributed by atoms with Crippen molar-refractivity contribution in [2.24, 2.45) is 5.92 Å². The monoisotopic (exact) mass is 254 g/mol. The zero-order valence-corrected chi connectivity index (χ0v) is 11.1. The predicted octanol–water partition coefficient (Wildman–Crippen LogP) is 2.85. The first-order valence-electron chi connectivity index (χ1n) is 6.13. The molecule has 0 spiro atoms. The zero-order chi connectivity index (χ0) is 12.4. The van der Waals surface area contributed by atoms with Crippen LogP contribution in [-0.4, -0.2) is 22.7 Å². The fourth-order valence-electron chi connectivity index (χ4n) is 2.35. The van der Waals surface area contributed by atoms with E-state index < -0.39 is 0 Å². The molecule has 3 nitrogen and oxygen atoms in total. The minimum atomic E-state index is -0.0149. The number of rotatable bonds is 2. The quantitative estimate of drug-likeness (QED) is 0.882. The van der Waals surface area contributed by atoms with Crippen molar-refractivity contribution in [3.63, 3.8) is 0 Å². The summed E-state index contributed by atoms with van der Waals surface area (Å²) in [5.41, 5.74) is 0.761. The van der Waals surface area contributed by atoms with Gasteiger partial charge in [0.15, 0.2) is 0 Å². The molecule has 0 bridgehead atoms. The van der Waals surface area contributed by atoms with Gasteiger partial charge in [-0.05, 0) is 37.3 Å². The second kappa shape index (κ2) is 5.23. The number of aromatic nitrogens is 1. The zero-order valence-electron chi connectivity index (χ0n) is 10.4. The molecule has 1 fully saturated rings. The summed E-state index contributed by atoms with van der Waals surface area (Å²) in [6.45, 7) is 5.46. The molecule has 2 atom stereocenters. The van der Waals surface area contributed by atoms with Crippen LogP contribution in [0.4, 0.5) is 5.82 Å². The van der Waals surface area contributed by atoms with E-state index >= 15 is 0 Å². The standard InChI is InChI=1S/C13H19ClN2O/c1-9-3-4-10(2)16(7-9)13-12(14)5-11(8-17)6-15-13/h5-6,9-10,17H,3-4,7-8H2,1-2H3. The molecule has 4 heteroatoms. The van der Waals surface area contributed by atoms with E-state index in [2.05, 4.69) is 23.7 Å². The lowest BCUT2D eigenvalue weighted by Crippen LogP contribution is -2.41. The topological polar surface area (TPSA) is 36.4 Å². The number of aliphatic hydroxyl groups is 1. The predicted molar refractivity (Wildman–Crippen MR) is 70.4 cm³/mol. The van der Waals surface area contributed by atoms with Gasteiger partial charge in [-0.15, -0.1) is 0 Å². The third kappa shape index (κ3) is 2.72. The van der Waals surface area contributed by atoms with Gasteiger partial charge in [-0.1, -0.05) is 18.5 Å². The van der Waals surface area contributed by atoms with Crippen LogP contribution in [0.1, 0.15) is 32.3 Å². The molecular formula is C13H19ClN2O. The van der Waals surface area contributed by atoms with E-state index in [9.17, 15) is 0 Å². The van der Waals surface area contributed by atoms with Gasteiger partial charge >= 0.3 is 0 Å². The summed E-state index contributed by atoms with van der Waals surface area (Å²) in [5.74, 6) is 1.53. The maximum atomic E-state index is 9.05. The molecule has 2 rings (SSSR count). The van der Waals surface area contributed by atoms with Crippen LogP contribution in [0, 0.1) is 5.92 Å². The number of hydrogen-bond donors (Lipinski definition) is 1. The molecular weight excluding hydrogens is 236 g/mol. The lowest BCUT2D eigenvalue weighted by molar-refractivity contribution is 0.281. The van der Waals surface area contributed by atoms with Gasteiger partial charge in [0, 0.05) is 18.8 Å². The Kier molecular flexibility index (Phi) is 3.89. The SMILES string of the molecule is CC1CCC(C)N(c2ncc(CO)cc2Cl)C1. The lowest BCUT2D eigenvalue weighted by atomic mass is 9.95. The Morgan fingerprint density at radius 3 is 2.88 bits per heavy atom. The van der Waals surface area contributed by atoms with Crippen LogP contribution >= 0.6 is 11.6 Å². The second-order valence-corrected chi connectivity index (χ2v) is 5.40. The highest BCUT2D eigenvalue weighted by Crippen LogP contribution is 2.31. The molecule has 1 aliphatic heterocycles. The van der Waals surface area contributed by atoms with E-state index in [0.29, 0.717) is 17.0 Å².